The van der Waals surface area contributed by atoms with Gasteiger partial charge in [0, 0.05) is 18.6 Å². The molecule has 1 atom stereocenters. The van der Waals surface area contributed by atoms with Crippen LogP contribution in [0.25, 0.3) is 0 Å². The number of anilines is 1. The second-order valence-corrected chi connectivity index (χ2v) is 11.1. The van der Waals surface area contributed by atoms with Gasteiger partial charge in [-0.05, 0) is 42.3 Å². The summed E-state index contributed by atoms with van der Waals surface area (Å²) in [5.74, 6) is -1.01. The molecule has 0 aliphatic carbocycles. The molecule has 0 aromatic heterocycles. The van der Waals surface area contributed by atoms with Crippen molar-refractivity contribution in [1.82, 2.24) is 10.2 Å². The molecule has 0 spiro atoms. The van der Waals surface area contributed by atoms with Crippen molar-refractivity contribution < 1.29 is 18.0 Å². The van der Waals surface area contributed by atoms with Crippen LogP contribution in [0.15, 0.2) is 77.7 Å². The number of hydrogen-bond donors (Lipinski definition) is 1. The van der Waals surface area contributed by atoms with E-state index in [2.05, 4.69) is 5.32 Å². The van der Waals surface area contributed by atoms with Crippen LogP contribution in [-0.4, -0.2) is 44.8 Å². The van der Waals surface area contributed by atoms with Gasteiger partial charge in [-0.15, -0.1) is 0 Å². The third kappa shape index (κ3) is 6.57. The fraction of sp³-hybridized carbons (Fsp3) is 0.231. The summed E-state index contributed by atoms with van der Waals surface area (Å²) in [6, 6.07) is 18.3. The van der Waals surface area contributed by atoms with Gasteiger partial charge in [-0.25, -0.2) is 8.42 Å². The fourth-order valence-electron chi connectivity index (χ4n) is 3.81. The summed E-state index contributed by atoms with van der Waals surface area (Å²) in [6.45, 7) is 1.13. The molecule has 0 fully saturated rings. The first-order chi connectivity index (χ1) is 17.6. The molecule has 0 saturated carbocycles. The van der Waals surface area contributed by atoms with Gasteiger partial charge in [-0.2, -0.15) is 0 Å². The van der Waals surface area contributed by atoms with Crippen LogP contribution < -0.4 is 9.62 Å². The highest BCUT2D eigenvalue weighted by Gasteiger charge is 2.34. The summed E-state index contributed by atoms with van der Waals surface area (Å²) >= 11 is 19.0. The topological polar surface area (TPSA) is 86.8 Å². The van der Waals surface area contributed by atoms with Gasteiger partial charge in [0.2, 0.25) is 11.8 Å². The molecule has 0 aliphatic heterocycles. The minimum absolute atomic E-state index is 0.00701. The molecule has 0 saturated heterocycles. The van der Waals surface area contributed by atoms with E-state index in [4.69, 9.17) is 34.8 Å². The van der Waals surface area contributed by atoms with Crippen LogP contribution in [0, 0.1) is 0 Å². The summed E-state index contributed by atoms with van der Waals surface area (Å²) in [5.41, 5.74) is 0.648. The minimum atomic E-state index is -4.25. The van der Waals surface area contributed by atoms with Crippen LogP contribution in [-0.2, 0) is 26.2 Å². The Morgan fingerprint density at radius 2 is 1.51 bits per heavy atom. The van der Waals surface area contributed by atoms with Gasteiger partial charge >= 0.3 is 0 Å². The van der Waals surface area contributed by atoms with Crippen molar-refractivity contribution >= 4 is 62.3 Å². The average molecular weight is 583 g/mol. The van der Waals surface area contributed by atoms with Crippen molar-refractivity contribution in [2.45, 2.75) is 30.8 Å². The quantitative estimate of drug-likeness (QED) is 0.347. The van der Waals surface area contributed by atoms with Gasteiger partial charge < -0.3 is 10.2 Å². The Kier molecular flexibility index (Phi) is 9.84. The standard InChI is InChI=1S/C26H26Cl3N3O4S/c1-3-22(26(34)30-2)31(16-18-10-7-8-13-20(18)27)24(33)17-32(23-15-9-14-21(28)25(23)29)37(35,36)19-11-5-4-6-12-19/h4-15,22H,3,16-17H2,1-2H3,(H,30,34). The maximum atomic E-state index is 13.9. The molecule has 2 amide bonds. The summed E-state index contributed by atoms with van der Waals surface area (Å²) in [5, 5.41) is 3.10. The first-order valence-corrected chi connectivity index (χ1v) is 14.0. The lowest BCUT2D eigenvalue weighted by Gasteiger charge is -2.33. The SMILES string of the molecule is CCC(C(=O)NC)N(Cc1ccccc1Cl)C(=O)CN(c1cccc(Cl)c1Cl)S(=O)(=O)c1ccccc1. The van der Waals surface area contributed by atoms with Gasteiger partial charge in [0.15, 0.2) is 0 Å². The van der Waals surface area contributed by atoms with E-state index < -0.39 is 28.5 Å². The largest absolute Gasteiger partial charge is 0.357 e. The van der Waals surface area contributed by atoms with Crippen LogP contribution in [0.2, 0.25) is 15.1 Å². The van der Waals surface area contributed by atoms with E-state index >= 15 is 0 Å². The zero-order chi connectivity index (χ0) is 27.2. The number of benzene rings is 3. The third-order valence-corrected chi connectivity index (χ3v) is 8.69. The van der Waals surface area contributed by atoms with Crippen LogP contribution in [0.4, 0.5) is 5.69 Å². The molecule has 11 heteroatoms. The van der Waals surface area contributed by atoms with E-state index in [0.717, 1.165) is 4.31 Å². The van der Waals surface area contributed by atoms with Crippen molar-refractivity contribution in [3.63, 3.8) is 0 Å². The first kappa shape index (κ1) is 28.8. The molecule has 7 nitrogen and oxygen atoms in total. The van der Waals surface area contributed by atoms with E-state index in [1.54, 1.807) is 55.5 Å². The molecule has 0 bridgehead atoms. The lowest BCUT2D eigenvalue weighted by atomic mass is 10.1. The highest BCUT2D eigenvalue weighted by molar-refractivity contribution is 7.92. The van der Waals surface area contributed by atoms with Crippen LogP contribution in [0.5, 0.6) is 0 Å². The van der Waals surface area contributed by atoms with E-state index in [-0.39, 0.29) is 33.1 Å². The highest BCUT2D eigenvalue weighted by atomic mass is 35.5. The number of hydrogen-bond acceptors (Lipinski definition) is 4. The zero-order valence-corrected chi connectivity index (χ0v) is 23.3. The van der Waals surface area contributed by atoms with Crippen molar-refractivity contribution in [2.24, 2.45) is 0 Å². The van der Waals surface area contributed by atoms with Gasteiger partial charge in [-0.1, -0.05) is 84.2 Å². The molecular formula is C26H26Cl3N3O4S. The highest BCUT2D eigenvalue weighted by Crippen LogP contribution is 2.35. The second kappa shape index (κ2) is 12.6. The molecule has 0 aliphatic rings. The van der Waals surface area contributed by atoms with E-state index in [1.165, 1.54) is 36.2 Å². The van der Waals surface area contributed by atoms with Crippen molar-refractivity contribution in [3.05, 3.63) is 93.4 Å². The molecule has 37 heavy (non-hydrogen) atoms. The number of carbonyl (C=O) groups excluding carboxylic acids is 2. The predicted molar refractivity (Wildman–Crippen MR) is 148 cm³/mol. The van der Waals surface area contributed by atoms with E-state index in [1.807, 2.05) is 0 Å². The third-order valence-electron chi connectivity index (χ3n) is 5.74. The molecule has 1 unspecified atom stereocenters. The molecular weight excluding hydrogens is 557 g/mol. The smallest absolute Gasteiger partial charge is 0.264 e. The molecule has 3 aromatic carbocycles. The van der Waals surface area contributed by atoms with Gasteiger partial charge in [0.25, 0.3) is 10.0 Å². The normalized spacial score (nSPS) is 12.0. The predicted octanol–water partition coefficient (Wildman–Crippen LogP) is 5.40. The second-order valence-electron chi connectivity index (χ2n) is 8.05. The summed E-state index contributed by atoms with van der Waals surface area (Å²) in [7, 11) is -2.77. The number of amides is 2. The minimum Gasteiger partial charge on any atom is -0.357 e. The van der Waals surface area contributed by atoms with Crippen molar-refractivity contribution in [1.29, 1.82) is 0 Å². The maximum Gasteiger partial charge on any atom is 0.264 e. The lowest BCUT2D eigenvalue weighted by Crippen LogP contribution is -2.51. The fourth-order valence-corrected chi connectivity index (χ4v) is 5.90. The van der Waals surface area contributed by atoms with E-state index in [0.29, 0.717) is 17.0 Å². The monoisotopic (exact) mass is 581 g/mol. The number of sulfonamides is 1. The number of carbonyl (C=O) groups is 2. The van der Waals surface area contributed by atoms with Crippen LogP contribution in [0.3, 0.4) is 0 Å². The van der Waals surface area contributed by atoms with Crippen molar-refractivity contribution in [3.8, 4) is 0 Å². The lowest BCUT2D eigenvalue weighted by molar-refractivity contribution is -0.140. The van der Waals surface area contributed by atoms with Gasteiger partial charge in [0.1, 0.15) is 12.6 Å². The van der Waals surface area contributed by atoms with Crippen molar-refractivity contribution in [2.75, 3.05) is 17.9 Å². The Labute approximate surface area is 232 Å². The van der Waals surface area contributed by atoms with E-state index in [9.17, 15) is 18.0 Å². The Bertz CT molecular complexity index is 1370. The Morgan fingerprint density at radius 1 is 0.892 bits per heavy atom. The number of halogens is 3. The molecule has 196 valence electrons. The zero-order valence-electron chi connectivity index (χ0n) is 20.2. The van der Waals surface area contributed by atoms with Gasteiger partial charge in [0.05, 0.1) is 20.6 Å². The molecule has 3 rings (SSSR count). The van der Waals surface area contributed by atoms with Gasteiger partial charge in [-0.3, -0.25) is 13.9 Å². The first-order valence-electron chi connectivity index (χ1n) is 11.4. The molecule has 0 radical (unpaired) electrons. The summed E-state index contributed by atoms with van der Waals surface area (Å²) in [4.78, 5) is 27.9. The Balaban J connectivity index is 2.11. The molecule has 0 heterocycles. The summed E-state index contributed by atoms with van der Waals surface area (Å²) < 4.78 is 28.4. The number of nitrogens with zero attached hydrogens (tertiary/aromatic N) is 2. The number of nitrogens with one attached hydrogen (secondary N) is 1. The Morgan fingerprint density at radius 3 is 2.14 bits per heavy atom. The van der Waals surface area contributed by atoms with Crippen LogP contribution >= 0.6 is 34.8 Å². The number of rotatable bonds is 10. The average Bonchev–Trinajstić information content (AvgIpc) is 2.90. The summed E-state index contributed by atoms with van der Waals surface area (Å²) in [6.07, 6.45) is 0.291. The molecule has 3 aromatic rings. The molecule has 1 N–H and O–H groups in total. The van der Waals surface area contributed by atoms with Crippen LogP contribution in [0.1, 0.15) is 18.9 Å². The number of likely N-dealkylation sites (N-methyl/N-ethyl adjacent to an activating group) is 1. The Hall–Kier alpha value is -2.78. The maximum absolute atomic E-state index is 13.9.